The summed E-state index contributed by atoms with van der Waals surface area (Å²) in [6, 6.07) is 3.06. The number of hydrogen-bond acceptors (Lipinski definition) is 3. The molecule has 0 aliphatic carbocycles. The maximum atomic E-state index is 13.2. The summed E-state index contributed by atoms with van der Waals surface area (Å²) in [4.78, 5) is 2.17. The van der Waals surface area contributed by atoms with Gasteiger partial charge in [-0.3, -0.25) is 4.40 Å². The monoisotopic (exact) mass is 220 g/mol. The van der Waals surface area contributed by atoms with Crippen molar-refractivity contribution < 1.29 is 4.39 Å². The van der Waals surface area contributed by atoms with E-state index in [-0.39, 0.29) is 5.82 Å². The van der Waals surface area contributed by atoms with Crippen LogP contribution in [0.2, 0.25) is 0 Å². The van der Waals surface area contributed by atoms with E-state index in [0.717, 1.165) is 19.0 Å². The van der Waals surface area contributed by atoms with Gasteiger partial charge in [0.1, 0.15) is 5.82 Å². The fraction of sp³-hybridized carbons (Fsp3) is 0.455. The van der Waals surface area contributed by atoms with Gasteiger partial charge in [0.2, 0.25) is 5.95 Å². The Morgan fingerprint density at radius 2 is 1.88 bits per heavy atom. The van der Waals surface area contributed by atoms with Crippen molar-refractivity contribution in [3.05, 3.63) is 24.1 Å². The number of halogens is 1. The van der Waals surface area contributed by atoms with Crippen molar-refractivity contribution >= 4 is 11.6 Å². The van der Waals surface area contributed by atoms with Crippen LogP contribution in [0.1, 0.15) is 19.3 Å². The summed E-state index contributed by atoms with van der Waals surface area (Å²) >= 11 is 0. The Bertz CT molecular complexity index is 502. The lowest BCUT2D eigenvalue weighted by molar-refractivity contribution is 0.564. The zero-order valence-electron chi connectivity index (χ0n) is 8.93. The molecule has 0 radical (unpaired) electrons. The van der Waals surface area contributed by atoms with Gasteiger partial charge in [0.05, 0.1) is 0 Å². The van der Waals surface area contributed by atoms with Gasteiger partial charge in [-0.1, -0.05) is 0 Å². The standard InChI is InChI=1S/C11H13FN4/c12-9-4-5-10-13-14-11(16(10)8-9)15-6-2-1-3-7-15/h4-5,8H,1-3,6-7H2. The summed E-state index contributed by atoms with van der Waals surface area (Å²) in [5.41, 5.74) is 0.696. The molecule has 3 heterocycles. The first-order valence-electron chi connectivity index (χ1n) is 5.60. The molecule has 0 atom stereocenters. The molecule has 1 aliphatic rings. The molecule has 3 rings (SSSR count). The van der Waals surface area contributed by atoms with Crippen molar-refractivity contribution in [3.8, 4) is 0 Å². The second-order valence-electron chi connectivity index (χ2n) is 4.12. The Balaban J connectivity index is 2.05. The molecule has 5 heteroatoms. The van der Waals surface area contributed by atoms with Crippen molar-refractivity contribution in [2.24, 2.45) is 0 Å². The highest BCUT2D eigenvalue weighted by atomic mass is 19.1. The molecule has 1 saturated heterocycles. The van der Waals surface area contributed by atoms with E-state index in [1.807, 2.05) is 0 Å². The average Bonchev–Trinajstić information content (AvgIpc) is 2.73. The molecule has 0 bridgehead atoms. The Labute approximate surface area is 92.7 Å². The molecule has 0 aromatic carbocycles. The van der Waals surface area contributed by atoms with E-state index in [4.69, 9.17) is 0 Å². The van der Waals surface area contributed by atoms with Crippen LogP contribution in [0.5, 0.6) is 0 Å². The first kappa shape index (κ1) is 9.57. The van der Waals surface area contributed by atoms with Crippen LogP contribution in [-0.2, 0) is 0 Å². The van der Waals surface area contributed by atoms with Gasteiger partial charge in [-0.05, 0) is 31.4 Å². The van der Waals surface area contributed by atoms with Gasteiger partial charge in [-0.2, -0.15) is 0 Å². The number of rotatable bonds is 1. The second kappa shape index (κ2) is 3.73. The van der Waals surface area contributed by atoms with Crippen molar-refractivity contribution in [2.45, 2.75) is 19.3 Å². The smallest absolute Gasteiger partial charge is 0.231 e. The average molecular weight is 220 g/mol. The lowest BCUT2D eigenvalue weighted by Gasteiger charge is -2.26. The summed E-state index contributed by atoms with van der Waals surface area (Å²) in [5, 5.41) is 8.17. The highest BCUT2D eigenvalue weighted by Crippen LogP contribution is 2.18. The highest BCUT2D eigenvalue weighted by Gasteiger charge is 2.16. The van der Waals surface area contributed by atoms with Crippen LogP contribution in [0.25, 0.3) is 5.65 Å². The molecule has 84 valence electrons. The molecule has 0 amide bonds. The van der Waals surface area contributed by atoms with Crippen molar-refractivity contribution in [3.63, 3.8) is 0 Å². The first-order chi connectivity index (χ1) is 7.84. The molecule has 0 spiro atoms. The molecule has 0 unspecified atom stereocenters. The normalized spacial score (nSPS) is 16.9. The van der Waals surface area contributed by atoms with Crippen LogP contribution >= 0.6 is 0 Å². The summed E-state index contributed by atoms with van der Waals surface area (Å²) in [5.74, 6) is 0.500. The zero-order valence-corrected chi connectivity index (χ0v) is 8.93. The van der Waals surface area contributed by atoms with Crippen molar-refractivity contribution in [1.82, 2.24) is 14.6 Å². The van der Waals surface area contributed by atoms with Crippen LogP contribution in [0, 0.1) is 5.82 Å². The summed E-state index contributed by atoms with van der Waals surface area (Å²) in [7, 11) is 0. The minimum Gasteiger partial charge on any atom is -0.341 e. The molecular weight excluding hydrogens is 207 g/mol. The molecule has 1 aliphatic heterocycles. The summed E-state index contributed by atoms with van der Waals surface area (Å²) < 4.78 is 14.9. The first-order valence-corrected chi connectivity index (χ1v) is 5.60. The van der Waals surface area contributed by atoms with Gasteiger partial charge in [-0.25, -0.2) is 4.39 Å². The van der Waals surface area contributed by atoms with Gasteiger partial charge < -0.3 is 4.90 Å². The molecule has 16 heavy (non-hydrogen) atoms. The maximum absolute atomic E-state index is 13.2. The quantitative estimate of drug-likeness (QED) is 0.735. The van der Waals surface area contributed by atoms with Crippen LogP contribution < -0.4 is 4.90 Å². The van der Waals surface area contributed by atoms with Gasteiger partial charge in [0, 0.05) is 19.3 Å². The van der Waals surface area contributed by atoms with E-state index < -0.39 is 0 Å². The number of hydrogen-bond donors (Lipinski definition) is 0. The summed E-state index contributed by atoms with van der Waals surface area (Å²) in [6.45, 7) is 1.97. The van der Waals surface area contributed by atoms with Crippen LogP contribution in [-0.4, -0.2) is 27.7 Å². The fourth-order valence-electron chi connectivity index (χ4n) is 2.16. The largest absolute Gasteiger partial charge is 0.341 e. The summed E-state index contributed by atoms with van der Waals surface area (Å²) in [6.07, 6.45) is 5.05. The van der Waals surface area contributed by atoms with Gasteiger partial charge >= 0.3 is 0 Å². The van der Waals surface area contributed by atoms with Crippen LogP contribution in [0.4, 0.5) is 10.3 Å². The molecule has 4 nitrogen and oxygen atoms in total. The molecule has 0 saturated carbocycles. The number of piperidine rings is 1. The number of aromatic nitrogens is 3. The van der Waals surface area contributed by atoms with E-state index in [2.05, 4.69) is 15.1 Å². The number of pyridine rings is 1. The van der Waals surface area contributed by atoms with Gasteiger partial charge in [0.25, 0.3) is 0 Å². The van der Waals surface area contributed by atoms with Crippen molar-refractivity contribution in [2.75, 3.05) is 18.0 Å². The Kier molecular flexibility index (Phi) is 2.23. The Hall–Kier alpha value is -1.65. The van der Waals surface area contributed by atoms with E-state index in [1.54, 1.807) is 10.5 Å². The maximum Gasteiger partial charge on any atom is 0.231 e. The van der Waals surface area contributed by atoms with Crippen LogP contribution in [0.3, 0.4) is 0 Å². The number of nitrogens with zero attached hydrogens (tertiary/aromatic N) is 4. The Morgan fingerprint density at radius 3 is 2.69 bits per heavy atom. The third-order valence-corrected chi connectivity index (χ3v) is 2.99. The SMILES string of the molecule is Fc1ccc2nnc(N3CCCCC3)n2c1. The van der Waals surface area contributed by atoms with Gasteiger partial charge in [-0.15, -0.1) is 10.2 Å². The molecule has 2 aromatic rings. The lowest BCUT2D eigenvalue weighted by atomic mass is 10.1. The predicted octanol–water partition coefficient (Wildman–Crippen LogP) is 1.86. The minimum atomic E-state index is -0.259. The third kappa shape index (κ3) is 1.52. The molecule has 0 N–H and O–H groups in total. The van der Waals surface area contributed by atoms with Gasteiger partial charge in [0.15, 0.2) is 5.65 Å². The topological polar surface area (TPSA) is 33.4 Å². The molecular formula is C11H13FN4. The fourth-order valence-corrected chi connectivity index (χ4v) is 2.16. The number of fused-ring (bicyclic) bond motifs is 1. The third-order valence-electron chi connectivity index (χ3n) is 2.99. The highest BCUT2D eigenvalue weighted by molar-refractivity contribution is 5.46. The molecule has 1 fully saturated rings. The number of anilines is 1. The van der Waals surface area contributed by atoms with E-state index >= 15 is 0 Å². The van der Waals surface area contributed by atoms with Crippen molar-refractivity contribution in [1.29, 1.82) is 0 Å². The lowest BCUT2D eigenvalue weighted by Crippen LogP contribution is -2.31. The second-order valence-corrected chi connectivity index (χ2v) is 4.12. The van der Waals surface area contributed by atoms with E-state index in [1.165, 1.54) is 31.5 Å². The molecule has 2 aromatic heterocycles. The minimum absolute atomic E-state index is 0.259. The predicted molar refractivity (Wildman–Crippen MR) is 59.0 cm³/mol. The zero-order chi connectivity index (χ0) is 11.0. The van der Waals surface area contributed by atoms with E-state index in [9.17, 15) is 4.39 Å². The van der Waals surface area contributed by atoms with E-state index in [0.29, 0.717) is 5.65 Å². The van der Waals surface area contributed by atoms with Crippen LogP contribution in [0.15, 0.2) is 18.3 Å². The Morgan fingerprint density at radius 1 is 1.06 bits per heavy atom.